The predicted molar refractivity (Wildman–Crippen MR) is 74.2 cm³/mol. The lowest BCUT2D eigenvalue weighted by Crippen LogP contribution is -2.49. The van der Waals surface area contributed by atoms with E-state index in [2.05, 4.69) is 11.9 Å². The third kappa shape index (κ3) is 4.74. The lowest BCUT2D eigenvalue weighted by molar-refractivity contribution is -0.141. The van der Waals surface area contributed by atoms with Gasteiger partial charge in [-0.15, -0.1) is 6.58 Å². The second-order valence-electron chi connectivity index (χ2n) is 4.40. The van der Waals surface area contributed by atoms with Crippen molar-refractivity contribution >= 4 is 11.9 Å². The van der Waals surface area contributed by atoms with E-state index in [4.69, 9.17) is 15.9 Å². The Labute approximate surface area is 116 Å². The second-order valence-corrected chi connectivity index (χ2v) is 4.40. The molecule has 0 aliphatic rings. The molecule has 5 N–H and O–H groups in total. The van der Waals surface area contributed by atoms with Crippen LogP contribution in [0.1, 0.15) is 12.0 Å². The van der Waals surface area contributed by atoms with Gasteiger partial charge in [-0.25, -0.2) is 4.79 Å². The third-order valence-corrected chi connectivity index (χ3v) is 2.75. The maximum atomic E-state index is 11.7. The summed E-state index contributed by atoms with van der Waals surface area (Å²) in [5.74, 6) is -1.58. The first kappa shape index (κ1) is 15.7. The van der Waals surface area contributed by atoms with Crippen LogP contribution in [0.2, 0.25) is 0 Å². The number of nitrogens with two attached hydrogens (primary N) is 1. The van der Waals surface area contributed by atoms with Gasteiger partial charge in [0.15, 0.2) is 0 Å². The van der Waals surface area contributed by atoms with E-state index < -0.39 is 24.0 Å². The van der Waals surface area contributed by atoms with E-state index in [0.29, 0.717) is 5.56 Å². The number of hydrogen-bond acceptors (Lipinski definition) is 4. The molecule has 0 saturated heterocycles. The van der Waals surface area contributed by atoms with E-state index in [9.17, 15) is 9.59 Å². The van der Waals surface area contributed by atoms with Crippen LogP contribution in [0.3, 0.4) is 0 Å². The van der Waals surface area contributed by atoms with Crippen LogP contribution >= 0.6 is 0 Å². The van der Waals surface area contributed by atoms with Crippen LogP contribution in [-0.2, 0) is 16.0 Å². The molecule has 1 unspecified atom stereocenters. The van der Waals surface area contributed by atoms with Crippen LogP contribution in [0.4, 0.5) is 0 Å². The SMILES string of the molecule is C=CCC(N)C(=O)N[C@H](Cc1ccc(O)cc1)C(=O)O. The maximum absolute atomic E-state index is 11.7. The summed E-state index contributed by atoms with van der Waals surface area (Å²) in [6, 6.07) is 4.23. The summed E-state index contributed by atoms with van der Waals surface area (Å²) < 4.78 is 0. The molecule has 1 amide bonds. The molecule has 20 heavy (non-hydrogen) atoms. The molecule has 0 aliphatic carbocycles. The van der Waals surface area contributed by atoms with Gasteiger partial charge >= 0.3 is 5.97 Å². The highest BCUT2D eigenvalue weighted by atomic mass is 16.4. The van der Waals surface area contributed by atoms with E-state index >= 15 is 0 Å². The highest BCUT2D eigenvalue weighted by Crippen LogP contribution is 2.11. The third-order valence-electron chi connectivity index (χ3n) is 2.75. The molecule has 0 spiro atoms. The molecule has 0 saturated carbocycles. The van der Waals surface area contributed by atoms with Gasteiger partial charge in [-0.3, -0.25) is 4.79 Å². The fraction of sp³-hybridized carbons (Fsp3) is 0.286. The number of hydrogen-bond donors (Lipinski definition) is 4. The fourth-order valence-corrected chi connectivity index (χ4v) is 1.63. The Morgan fingerprint density at radius 2 is 1.95 bits per heavy atom. The average molecular weight is 278 g/mol. The fourth-order valence-electron chi connectivity index (χ4n) is 1.63. The summed E-state index contributed by atoms with van der Waals surface area (Å²) in [6.45, 7) is 3.47. The van der Waals surface area contributed by atoms with Crippen LogP contribution in [0.5, 0.6) is 5.75 Å². The number of amides is 1. The zero-order valence-corrected chi connectivity index (χ0v) is 11.0. The van der Waals surface area contributed by atoms with Crippen molar-refractivity contribution in [1.82, 2.24) is 5.32 Å². The van der Waals surface area contributed by atoms with Crippen molar-refractivity contribution in [2.45, 2.75) is 24.9 Å². The van der Waals surface area contributed by atoms with Gasteiger partial charge in [0.2, 0.25) is 5.91 Å². The van der Waals surface area contributed by atoms with Gasteiger partial charge in [0.25, 0.3) is 0 Å². The minimum Gasteiger partial charge on any atom is -0.508 e. The number of benzene rings is 1. The van der Waals surface area contributed by atoms with Gasteiger partial charge in [-0.1, -0.05) is 18.2 Å². The Morgan fingerprint density at radius 3 is 2.45 bits per heavy atom. The number of rotatable bonds is 7. The summed E-state index contributed by atoms with van der Waals surface area (Å²) >= 11 is 0. The largest absolute Gasteiger partial charge is 0.508 e. The molecular formula is C14H18N2O4. The van der Waals surface area contributed by atoms with Gasteiger partial charge in [-0.2, -0.15) is 0 Å². The molecule has 0 bridgehead atoms. The number of phenols is 1. The highest BCUT2D eigenvalue weighted by Gasteiger charge is 2.22. The highest BCUT2D eigenvalue weighted by molar-refractivity contribution is 5.87. The molecule has 0 fully saturated rings. The van der Waals surface area contributed by atoms with Crippen LogP contribution in [-0.4, -0.2) is 34.2 Å². The van der Waals surface area contributed by atoms with Crippen molar-refractivity contribution in [3.63, 3.8) is 0 Å². The van der Waals surface area contributed by atoms with E-state index in [0.717, 1.165) is 0 Å². The topological polar surface area (TPSA) is 113 Å². The van der Waals surface area contributed by atoms with Crippen molar-refractivity contribution < 1.29 is 19.8 Å². The molecule has 6 nitrogen and oxygen atoms in total. The summed E-state index contributed by atoms with van der Waals surface area (Å²) in [5.41, 5.74) is 6.27. The summed E-state index contributed by atoms with van der Waals surface area (Å²) in [5, 5.41) is 20.7. The first-order chi connectivity index (χ1) is 9.43. The molecule has 0 aliphatic heterocycles. The first-order valence-corrected chi connectivity index (χ1v) is 6.11. The van der Waals surface area contributed by atoms with Crippen molar-refractivity contribution in [3.05, 3.63) is 42.5 Å². The molecule has 1 aromatic carbocycles. The number of carboxylic acid groups (broad SMARTS) is 1. The predicted octanol–water partition coefficient (Wildman–Crippen LogP) is 0.407. The average Bonchev–Trinajstić information content (AvgIpc) is 2.40. The van der Waals surface area contributed by atoms with E-state index in [1.54, 1.807) is 12.1 Å². The summed E-state index contributed by atoms with van der Waals surface area (Å²) in [4.78, 5) is 22.9. The van der Waals surface area contributed by atoms with Crippen molar-refractivity contribution in [1.29, 1.82) is 0 Å². The molecule has 0 aromatic heterocycles. The minimum atomic E-state index is -1.14. The number of aromatic hydroxyl groups is 1. The molecule has 1 rings (SSSR count). The number of carbonyl (C=O) groups is 2. The van der Waals surface area contributed by atoms with Crippen molar-refractivity contribution in [2.24, 2.45) is 5.73 Å². The Bertz CT molecular complexity index is 484. The number of carboxylic acids is 1. The number of carbonyl (C=O) groups excluding carboxylic acids is 1. The molecule has 1 aromatic rings. The molecule has 108 valence electrons. The molecule has 2 atom stereocenters. The molecular weight excluding hydrogens is 260 g/mol. The van der Waals surface area contributed by atoms with Gasteiger partial charge in [-0.05, 0) is 24.1 Å². The number of nitrogens with one attached hydrogen (secondary N) is 1. The van der Waals surface area contributed by atoms with E-state index in [-0.39, 0.29) is 18.6 Å². The lowest BCUT2D eigenvalue weighted by atomic mass is 10.1. The molecule has 0 heterocycles. The molecule has 6 heteroatoms. The Morgan fingerprint density at radius 1 is 1.35 bits per heavy atom. The lowest BCUT2D eigenvalue weighted by Gasteiger charge is -2.17. The molecule has 0 radical (unpaired) electrons. The standard InChI is InChI=1S/C14H18N2O4/c1-2-3-11(15)13(18)16-12(14(19)20)8-9-4-6-10(17)7-5-9/h2,4-7,11-12,17H,1,3,8,15H2,(H,16,18)(H,19,20)/t11?,12-/m1/s1. The quantitative estimate of drug-likeness (QED) is 0.539. The summed E-state index contributed by atoms with van der Waals surface area (Å²) in [7, 11) is 0. The smallest absolute Gasteiger partial charge is 0.326 e. The Hall–Kier alpha value is -2.34. The number of aliphatic carboxylic acids is 1. The van der Waals surface area contributed by atoms with Crippen LogP contribution in [0, 0.1) is 0 Å². The zero-order valence-electron chi connectivity index (χ0n) is 11.0. The first-order valence-electron chi connectivity index (χ1n) is 6.11. The normalized spacial score (nSPS) is 13.2. The summed E-state index contributed by atoms with van der Waals surface area (Å²) in [6.07, 6.45) is 1.89. The number of phenolic OH excluding ortho intramolecular Hbond substituents is 1. The van der Waals surface area contributed by atoms with Crippen molar-refractivity contribution in [3.8, 4) is 5.75 Å². The minimum absolute atomic E-state index is 0.0951. The Balaban J connectivity index is 2.70. The van der Waals surface area contributed by atoms with E-state index in [1.165, 1.54) is 18.2 Å². The zero-order chi connectivity index (χ0) is 15.1. The van der Waals surface area contributed by atoms with Gasteiger partial charge in [0.05, 0.1) is 6.04 Å². The van der Waals surface area contributed by atoms with Crippen LogP contribution in [0.15, 0.2) is 36.9 Å². The van der Waals surface area contributed by atoms with E-state index in [1.807, 2.05) is 0 Å². The van der Waals surface area contributed by atoms with Crippen LogP contribution in [0.25, 0.3) is 0 Å². The second kappa shape index (κ2) is 7.30. The van der Waals surface area contributed by atoms with Gasteiger partial charge in [0, 0.05) is 6.42 Å². The van der Waals surface area contributed by atoms with Crippen molar-refractivity contribution in [2.75, 3.05) is 0 Å². The van der Waals surface area contributed by atoms with Crippen LogP contribution < -0.4 is 11.1 Å². The van der Waals surface area contributed by atoms with Gasteiger partial charge in [0.1, 0.15) is 11.8 Å². The maximum Gasteiger partial charge on any atom is 0.326 e. The van der Waals surface area contributed by atoms with Gasteiger partial charge < -0.3 is 21.3 Å². The Kier molecular flexibility index (Phi) is 5.74. The monoisotopic (exact) mass is 278 g/mol.